The average Bonchev–Trinajstić information content (AvgIpc) is 1.36. The molecule has 3 heteroatoms. The minimum Gasteiger partial charge on any atom is -0.412 e. The Hall–Kier alpha value is -0.120. The van der Waals surface area contributed by atoms with Crippen LogP contribution in [0.1, 0.15) is 20.8 Å². The number of aliphatic hydroxyl groups excluding tert-OH is 1. The molecule has 0 aliphatic carbocycles. The Bertz CT molecular complexity index is 23.1. The van der Waals surface area contributed by atoms with Crippen LogP contribution in [0.4, 0.5) is 0 Å². The van der Waals surface area contributed by atoms with Crippen molar-refractivity contribution in [1.82, 2.24) is 0 Å². The molecule has 0 amide bonds. The van der Waals surface area contributed by atoms with Gasteiger partial charge in [-0.2, -0.15) is 0 Å². The van der Waals surface area contributed by atoms with Gasteiger partial charge in [-0.1, -0.05) is 0 Å². The first-order valence-corrected chi connectivity index (χ1v) is 2.17. The molecule has 0 atom stereocenters. The van der Waals surface area contributed by atoms with E-state index in [0.29, 0.717) is 0 Å². The molecule has 0 aromatic heterocycles. The van der Waals surface area contributed by atoms with E-state index in [4.69, 9.17) is 10.2 Å². The first kappa shape index (κ1) is 15.7. The van der Waals surface area contributed by atoms with E-state index in [0.717, 1.165) is 7.11 Å². The van der Waals surface area contributed by atoms with Crippen molar-refractivity contribution in [2.45, 2.75) is 26.4 Å². The van der Waals surface area contributed by atoms with E-state index < -0.39 is 5.60 Å². The summed E-state index contributed by atoms with van der Waals surface area (Å²) in [7, 11) is 1.00. The van der Waals surface area contributed by atoms with Gasteiger partial charge in [0.2, 0.25) is 0 Å². The van der Waals surface area contributed by atoms with Crippen molar-refractivity contribution >= 4 is 0 Å². The molecule has 0 spiro atoms. The lowest BCUT2D eigenvalue weighted by atomic mass is 10.2. The van der Waals surface area contributed by atoms with Gasteiger partial charge in [-0.25, -0.2) is 0 Å². The standard InChI is InChI=1S/C4H10O.CH4O.H2O/c1-4(2,3)5;1-2;/h5H,1-3H3;2H,1H3;1H2. The van der Waals surface area contributed by atoms with Gasteiger partial charge in [-0.05, 0) is 20.8 Å². The lowest BCUT2D eigenvalue weighted by molar-refractivity contribution is 0.102. The predicted molar refractivity (Wildman–Crippen MR) is 33.7 cm³/mol. The Morgan fingerprint density at radius 1 is 1.00 bits per heavy atom. The van der Waals surface area contributed by atoms with Gasteiger partial charge in [-0.15, -0.1) is 0 Å². The summed E-state index contributed by atoms with van der Waals surface area (Å²) < 4.78 is 0. The topological polar surface area (TPSA) is 72.0 Å². The van der Waals surface area contributed by atoms with Crippen LogP contribution in [0.5, 0.6) is 0 Å². The molecule has 0 aromatic rings. The Labute approximate surface area is 50.3 Å². The van der Waals surface area contributed by atoms with Crippen LogP contribution < -0.4 is 0 Å². The summed E-state index contributed by atoms with van der Waals surface area (Å²) in [5.74, 6) is 0. The molecule has 0 aromatic carbocycles. The minimum absolute atomic E-state index is 0. The molecule has 0 radical (unpaired) electrons. The smallest absolute Gasteiger partial charge is 0.0563 e. The zero-order chi connectivity index (χ0) is 6.50. The van der Waals surface area contributed by atoms with E-state index in [1.54, 1.807) is 20.8 Å². The largest absolute Gasteiger partial charge is 0.412 e. The SMILES string of the molecule is CC(C)(C)O.CO.O. The predicted octanol–water partition coefficient (Wildman–Crippen LogP) is -0.439. The molecule has 0 fully saturated rings. The van der Waals surface area contributed by atoms with Gasteiger partial charge >= 0.3 is 0 Å². The van der Waals surface area contributed by atoms with Crippen LogP contribution in [0.25, 0.3) is 0 Å². The summed E-state index contributed by atoms with van der Waals surface area (Å²) in [6.45, 7) is 5.23. The highest BCUT2D eigenvalue weighted by Gasteiger charge is 1.97. The third-order valence-corrected chi connectivity index (χ3v) is 0. The second-order valence-electron chi connectivity index (χ2n) is 2.17. The Balaban J connectivity index is -0.0000000750. The molecule has 4 N–H and O–H groups in total. The van der Waals surface area contributed by atoms with Gasteiger partial charge < -0.3 is 15.7 Å². The molecule has 0 unspecified atom stereocenters. The molecule has 0 rings (SSSR count). The fourth-order valence-corrected chi connectivity index (χ4v) is 0. The summed E-state index contributed by atoms with van der Waals surface area (Å²) in [6, 6.07) is 0. The van der Waals surface area contributed by atoms with Crippen molar-refractivity contribution in [2.75, 3.05) is 7.11 Å². The number of hydrogen-bond acceptors (Lipinski definition) is 2. The molecule has 0 heterocycles. The molecule has 0 aliphatic heterocycles. The summed E-state index contributed by atoms with van der Waals surface area (Å²) >= 11 is 0. The fourth-order valence-electron chi connectivity index (χ4n) is 0. The lowest BCUT2D eigenvalue weighted by Crippen LogP contribution is -2.10. The normalized spacial score (nSPS) is 8.25. The van der Waals surface area contributed by atoms with Crippen molar-refractivity contribution in [3.05, 3.63) is 0 Å². The highest BCUT2D eigenvalue weighted by Crippen LogP contribution is 1.93. The maximum absolute atomic E-state index is 8.52. The summed E-state index contributed by atoms with van der Waals surface area (Å²) in [5.41, 5.74) is -0.500. The summed E-state index contributed by atoms with van der Waals surface area (Å²) in [6.07, 6.45) is 0. The third kappa shape index (κ3) is 9720. The van der Waals surface area contributed by atoms with Gasteiger partial charge in [0.05, 0.1) is 5.60 Å². The van der Waals surface area contributed by atoms with Gasteiger partial charge in [-0.3, -0.25) is 0 Å². The van der Waals surface area contributed by atoms with Gasteiger partial charge in [0, 0.05) is 7.11 Å². The van der Waals surface area contributed by atoms with Crippen molar-refractivity contribution in [1.29, 1.82) is 0 Å². The van der Waals surface area contributed by atoms with Crippen molar-refractivity contribution < 1.29 is 15.7 Å². The zero-order valence-electron chi connectivity index (χ0n) is 5.89. The quantitative estimate of drug-likeness (QED) is 0.459. The number of hydrogen-bond donors (Lipinski definition) is 2. The van der Waals surface area contributed by atoms with E-state index in [9.17, 15) is 0 Å². The average molecular weight is 124 g/mol. The zero-order valence-corrected chi connectivity index (χ0v) is 5.89. The molecule has 8 heavy (non-hydrogen) atoms. The van der Waals surface area contributed by atoms with Crippen molar-refractivity contribution in [2.24, 2.45) is 0 Å². The molecule has 54 valence electrons. The maximum Gasteiger partial charge on any atom is 0.0563 e. The van der Waals surface area contributed by atoms with E-state index in [2.05, 4.69) is 0 Å². The van der Waals surface area contributed by atoms with E-state index in [-0.39, 0.29) is 5.48 Å². The van der Waals surface area contributed by atoms with Crippen molar-refractivity contribution in [3.8, 4) is 0 Å². The molecule has 0 saturated heterocycles. The van der Waals surface area contributed by atoms with Crippen LogP contribution in [-0.2, 0) is 0 Å². The van der Waals surface area contributed by atoms with Crippen LogP contribution >= 0.6 is 0 Å². The molecular formula is C5H16O3. The highest BCUT2D eigenvalue weighted by molar-refractivity contribution is 4.50. The van der Waals surface area contributed by atoms with Crippen LogP contribution in [0.2, 0.25) is 0 Å². The Kier molecular flexibility index (Phi) is 13.5. The van der Waals surface area contributed by atoms with E-state index in [1.165, 1.54) is 0 Å². The minimum atomic E-state index is -0.500. The number of rotatable bonds is 0. The maximum atomic E-state index is 8.52. The van der Waals surface area contributed by atoms with E-state index in [1.807, 2.05) is 0 Å². The first-order chi connectivity index (χ1) is 3.00. The van der Waals surface area contributed by atoms with Crippen LogP contribution in [0.15, 0.2) is 0 Å². The van der Waals surface area contributed by atoms with Gasteiger partial charge in [0.15, 0.2) is 0 Å². The fraction of sp³-hybridized carbons (Fsp3) is 1.00. The molecule has 0 aliphatic rings. The second kappa shape index (κ2) is 6.88. The second-order valence-corrected chi connectivity index (χ2v) is 2.17. The monoisotopic (exact) mass is 124 g/mol. The van der Waals surface area contributed by atoms with Crippen LogP contribution in [0.3, 0.4) is 0 Å². The van der Waals surface area contributed by atoms with Gasteiger partial charge in [0.1, 0.15) is 0 Å². The molecule has 0 saturated carbocycles. The first-order valence-electron chi connectivity index (χ1n) is 2.17. The third-order valence-electron chi connectivity index (χ3n) is 0. The highest BCUT2D eigenvalue weighted by atomic mass is 16.3. The van der Waals surface area contributed by atoms with Crippen LogP contribution in [-0.4, -0.2) is 28.4 Å². The van der Waals surface area contributed by atoms with Gasteiger partial charge in [0.25, 0.3) is 0 Å². The molecule has 3 nitrogen and oxygen atoms in total. The van der Waals surface area contributed by atoms with Crippen LogP contribution in [0, 0.1) is 0 Å². The summed E-state index contributed by atoms with van der Waals surface area (Å²) in [4.78, 5) is 0. The summed E-state index contributed by atoms with van der Waals surface area (Å²) in [5, 5.41) is 15.5. The molecular weight excluding hydrogens is 108 g/mol. The Morgan fingerprint density at radius 3 is 1.00 bits per heavy atom. The lowest BCUT2D eigenvalue weighted by Gasteiger charge is -2.04. The molecule has 0 bridgehead atoms. The van der Waals surface area contributed by atoms with E-state index >= 15 is 0 Å². The number of aliphatic hydroxyl groups is 2. The van der Waals surface area contributed by atoms with Crippen molar-refractivity contribution in [3.63, 3.8) is 0 Å². The Morgan fingerprint density at radius 2 is 1.00 bits per heavy atom.